The number of aliphatic hydroxyl groups is 1. The average molecular weight is 601 g/mol. The zero-order chi connectivity index (χ0) is 29.5. The summed E-state index contributed by atoms with van der Waals surface area (Å²) < 4.78 is 28.5. The summed E-state index contributed by atoms with van der Waals surface area (Å²) in [5.74, 6) is -1.18. The fraction of sp³-hybridized carbons (Fsp3) is 0.424. The lowest BCUT2D eigenvalue weighted by molar-refractivity contribution is -0.109. The van der Waals surface area contributed by atoms with E-state index in [-0.39, 0.29) is 28.9 Å². The Kier molecular flexibility index (Phi) is 8.53. The van der Waals surface area contributed by atoms with E-state index in [0.29, 0.717) is 53.6 Å². The van der Waals surface area contributed by atoms with Crippen molar-refractivity contribution in [2.75, 3.05) is 20.3 Å². The van der Waals surface area contributed by atoms with Gasteiger partial charge < -0.3 is 14.6 Å². The summed E-state index contributed by atoms with van der Waals surface area (Å²) in [5.41, 5.74) is -0.788. The van der Waals surface area contributed by atoms with E-state index in [2.05, 4.69) is 0 Å². The van der Waals surface area contributed by atoms with Gasteiger partial charge >= 0.3 is 0 Å². The number of hydrogen-bond donors (Lipinski definition) is 1. The molecule has 2 aliphatic rings. The van der Waals surface area contributed by atoms with Crippen LogP contribution in [0.25, 0.3) is 0 Å². The lowest BCUT2D eigenvalue weighted by Gasteiger charge is -2.44. The van der Waals surface area contributed by atoms with Crippen LogP contribution in [-0.2, 0) is 20.8 Å². The van der Waals surface area contributed by atoms with E-state index in [1.807, 2.05) is 32.9 Å². The molecule has 3 aromatic carbocycles. The Morgan fingerprint density at radius 1 is 1.07 bits per heavy atom. The number of fused-ring (bicyclic) bond motifs is 1. The quantitative estimate of drug-likeness (QED) is 0.286. The molecular weight excluding hydrogens is 564 g/mol. The summed E-state index contributed by atoms with van der Waals surface area (Å²) in [6.45, 7) is 6.99. The fourth-order valence-electron chi connectivity index (χ4n) is 6.76. The SMILES string of the molecule is CC[C@@](O)(c1cc(F)c2c(c1)C(=O)N([C@H](c1ccc(Cl)cc1)C(C)C)[C@]2(OC)c1ccc(Cl)cc1)C1CCOCC1. The van der Waals surface area contributed by atoms with E-state index in [1.165, 1.54) is 13.2 Å². The Morgan fingerprint density at radius 3 is 2.20 bits per heavy atom. The van der Waals surface area contributed by atoms with Crippen molar-refractivity contribution in [2.45, 2.75) is 57.4 Å². The maximum absolute atomic E-state index is 16.7. The molecule has 0 spiro atoms. The molecule has 0 radical (unpaired) electrons. The van der Waals surface area contributed by atoms with Crippen LogP contribution in [0, 0.1) is 17.7 Å². The molecule has 0 aliphatic carbocycles. The van der Waals surface area contributed by atoms with Gasteiger partial charge in [-0.05, 0) is 78.6 Å². The van der Waals surface area contributed by atoms with Crippen LogP contribution in [0.15, 0.2) is 60.7 Å². The minimum atomic E-state index is -1.59. The maximum Gasteiger partial charge on any atom is 0.257 e. The highest BCUT2D eigenvalue weighted by atomic mass is 35.5. The van der Waals surface area contributed by atoms with Crippen LogP contribution in [0.5, 0.6) is 0 Å². The summed E-state index contributed by atoms with van der Waals surface area (Å²) in [5, 5.41) is 13.0. The third-order valence-electron chi connectivity index (χ3n) is 8.81. The number of carbonyl (C=O) groups is 1. The predicted molar refractivity (Wildman–Crippen MR) is 159 cm³/mol. The van der Waals surface area contributed by atoms with Crippen molar-refractivity contribution >= 4 is 29.1 Å². The zero-order valence-electron chi connectivity index (χ0n) is 23.8. The highest BCUT2D eigenvalue weighted by Crippen LogP contribution is 2.53. The monoisotopic (exact) mass is 599 g/mol. The van der Waals surface area contributed by atoms with Crippen molar-refractivity contribution in [3.8, 4) is 0 Å². The molecule has 0 bridgehead atoms. The fourth-order valence-corrected chi connectivity index (χ4v) is 7.01. The standard InChI is InChI=1S/C33H36Cl2FNO4/c1-5-32(39,22-14-16-41-17-15-22)24-18-27-29(28(36)19-24)33(40-4,23-8-12-26(35)13-9-23)37(31(27)38)30(20(2)3)21-6-10-25(34)11-7-21/h6-13,18-20,22,30,39H,5,14-17H2,1-4H3/t30-,32-,33-/m0/s1. The summed E-state index contributed by atoms with van der Waals surface area (Å²) in [7, 11) is 1.49. The lowest BCUT2D eigenvalue weighted by atomic mass is 9.74. The molecule has 5 nitrogen and oxygen atoms in total. The van der Waals surface area contributed by atoms with E-state index in [4.69, 9.17) is 32.7 Å². The third-order valence-corrected chi connectivity index (χ3v) is 9.31. The Labute approximate surface area is 251 Å². The smallest absolute Gasteiger partial charge is 0.257 e. The first-order chi connectivity index (χ1) is 19.6. The number of carbonyl (C=O) groups excluding carboxylic acids is 1. The van der Waals surface area contributed by atoms with Crippen LogP contribution >= 0.6 is 23.2 Å². The number of nitrogens with zero attached hydrogens (tertiary/aromatic N) is 1. The molecule has 0 aromatic heterocycles. The first kappa shape index (κ1) is 30.0. The number of hydrogen-bond acceptors (Lipinski definition) is 4. The molecule has 0 saturated carbocycles. The summed E-state index contributed by atoms with van der Waals surface area (Å²) in [4.78, 5) is 16.3. The highest BCUT2D eigenvalue weighted by Gasteiger charge is 2.57. The molecule has 8 heteroatoms. The van der Waals surface area contributed by atoms with Gasteiger partial charge in [0.25, 0.3) is 5.91 Å². The number of methoxy groups -OCH3 is 1. The molecule has 218 valence electrons. The van der Waals surface area contributed by atoms with Crippen LogP contribution in [0.1, 0.15) is 78.7 Å². The number of ether oxygens (including phenoxy) is 2. The van der Waals surface area contributed by atoms with Crippen molar-refractivity contribution in [3.05, 3.63) is 104 Å². The lowest BCUT2D eigenvalue weighted by Crippen LogP contribution is -2.49. The van der Waals surface area contributed by atoms with Gasteiger partial charge in [-0.15, -0.1) is 0 Å². The molecule has 5 rings (SSSR count). The zero-order valence-corrected chi connectivity index (χ0v) is 25.3. The second kappa shape index (κ2) is 11.7. The molecule has 0 unspecified atom stereocenters. The maximum atomic E-state index is 16.7. The van der Waals surface area contributed by atoms with Crippen LogP contribution in [0.2, 0.25) is 10.0 Å². The van der Waals surface area contributed by atoms with E-state index < -0.39 is 23.2 Å². The van der Waals surface area contributed by atoms with Crippen molar-refractivity contribution in [3.63, 3.8) is 0 Å². The molecule has 3 aromatic rings. The van der Waals surface area contributed by atoms with Gasteiger partial charge in [-0.1, -0.05) is 68.2 Å². The van der Waals surface area contributed by atoms with Gasteiger partial charge in [0.2, 0.25) is 0 Å². The van der Waals surface area contributed by atoms with Gasteiger partial charge in [0, 0.05) is 35.9 Å². The minimum Gasteiger partial charge on any atom is -0.385 e. The molecule has 2 aliphatic heterocycles. The van der Waals surface area contributed by atoms with E-state index in [0.717, 1.165) is 5.56 Å². The van der Waals surface area contributed by atoms with E-state index in [1.54, 1.807) is 47.4 Å². The molecule has 3 atom stereocenters. The second-order valence-electron chi connectivity index (χ2n) is 11.3. The Balaban J connectivity index is 1.77. The Bertz CT molecular complexity index is 1410. The van der Waals surface area contributed by atoms with Crippen LogP contribution in [-0.4, -0.2) is 36.2 Å². The average Bonchev–Trinajstić information content (AvgIpc) is 3.23. The minimum absolute atomic E-state index is 0.0754. The Hall–Kier alpha value is -2.48. The molecule has 41 heavy (non-hydrogen) atoms. The van der Waals surface area contributed by atoms with Crippen LogP contribution < -0.4 is 0 Å². The third kappa shape index (κ3) is 4.98. The van der Waals surface area contributed by atoms with Crippen molar-refractivity contribution in [1.82, 2.24) is 4.90 Å². The number of rotatable bonds is 8. The summed E-state index contributed by atoms with van der Waals surface area (Å²) >= 11 is 12.5. The number of benzene rings is 3. The molecule has 1 N–H and O–H groups in total. The normalized spacial score (nSPS) is 21.7. The summed E-state index contributed by atoms with van der Waals surface area (Å²) in [6, 6.07) is 16.8. The summed E-state index contributed by atoms with van der Waals surface area (Å²) in [6.07, 6.45) is 1.68. The van der Waals surface area contributed by atoms with Crippen LogP contribution in [0.4, 0.5) is 4.39 Å². The predicted octanol–water partition coefficient (Wildman–Crippen LogP) is 7.86. The van der Waals surface area contributed by atoms with Gasteiger partial charge in [-0.3, -0.25) is 9.69 Å². The Morgan fingerprint density at radius 2 is 1.66 bits per heavy atom. The topological polar surface area (TPSA) is 59.0 Å². The first-order valence-electron chi connectivity index (χ1n) is 14.1. The second-order valence-corrected chi connectivity index (χ2v) is 12.2. The largest absolute Gasteiger partial charge is 0.385 e. The van der Waals surface area contributed by atoms with E-state index in [9.17, 15) is 9.90 Å². The van der Waals surface area contributed by atoms with Gasteiger partial charge in [-0.25, -0.2) is 4.39 Å². The highest BCUT2D eigenvalue weighted by molar-refractivity contribution is 6.30. The van der Waals surface area contributed by atoms with Gasteiger partial charge in [-0.2, -0.15) is 0 Å². The number of amides is 1. The molecule has 1 fully saturated rings. The molecule has 1 amide bonds. The molecule has 1 saturated heterocycles. The van der Waals surface area contributed by atoms with Gasteiger partial charge in [0.1, 0.15) is 5.82 Å². The molecular formula is C33H36Cl2FNO4. The molecule has 2 heterocycles. The van der Waals surface area contributed by atoms with E-state index >= 15 is 4.39 Å². The van der Waals surface area contributed by atoms with Gasteiger partial charge in [0.15, 0.2) is 5.72 Å². The van der Waals surface area contributed by atoms with Crippen molar-refractivity contribution in [1.29, 1.82) is 0 Å². The van der Waals surface area contributed by atoms with Gasteiger partial charge in [0.05, 0.1) is 22.8 Å². The number of halogens is 3. The van der Waals surface area contributed by atoms with Crippen molar-refractivity contribution < 1.29 is 23.8 Å². The van der Waals surface area contributed by atoms with Crippen molar-refractivity contribution in [2.24, 2.45) is 11.8 Å². The first-order valence-corrected chi connectivity index (χ1v) is 14.9. The van der Waals surface area contributed by atoms with Crippen LogP contribution in [0.3, 0.4) is 0 Å².